The summed E-state index contributed by atoms with van der Waals surface area (Å²) in [5.41, 5.74) is 0. The van der Waals surface area contributed by atoms with E-state index in [4.69, 9.17) is 0 Å². The summed E-state index contributed by atoms with van der Waals surface area (Å²) in [6, 6.07) is 0.820. The first-order chi connectivity index (χ1) is 8.75. The highest BCUT2D eigenvalue weighted by atomic mass is 16.2. The maximum absolute atomic E-state index is 12.2. The van der Waals surface area contributed by atoms with Crippen LogP contribution in [0.2, 0.25) is 0 Å². The number of carbonyl (C=O) groups is 1. The Hall–Kier alpha value is -0.610. The van der Waals surface area contributed by atoms with Gasteiger partial charge in [0.05, 0.1) is 6.04 Å². The van der Waals surface area contributed by atoms with E-state index in [1.54, 1.807) is 0 Å². The molecule has 1 aliphatic carbocycles. The van der Waals surface area contributed by atoms with Gasteiger partial charge in [-0.15, -0.1) is 0 Å². The van der Waals surface area contributed by atoms with Crippen LogP contribution in [-0.2, 0) is 4.79 Å². The van der Waals surface area contributed by atoms with Crippen LogP contribution < -0.4 is 16.0 Å². The molecule has 3 N–H and O–H groups in total. The highest BCUT2D eigenvalue weighted by molar-refractivity contribution is 5.82. The molecule has 1 aliphatic heterocycles. The van der Waals surface area contributed by atoms with Crippen molar-refractivity contribution in [2.45, 2.75) is 70.0 Å². The van der Waals surface area contributed by atoms with Crippen molar-refractivity contribution in [2.24, 2.45) is 0 Å². The standard InChI is InChI=1S/C14H27N3O/c1-11-9-16-13(10-15-11)14(18)17-12-7-5-3-2-4-6-8-12/h11-13,15-16H,2-10H2,1H3,(H,17,18). The van der Waals surface area contributed by atoms with Gasteiger partial charge in [0.15, 0.2) is 0 Å². The molecule has 0 aromatic rings. The lowest BCUT2D eigenvalue weighted by atomic mass is 9.96. The average Bonchev–Trinajstić information content (AvgIpc) is 2.33. The summed E-state index contributed by atoms with van der Waals surface area (Å²) < 4.78 is 0. The van der Waals surface area contributed by atoms with Gasteiger partial charge in [-0.05, 0) is 19.8 Å². The van der Waals surface area contributed by atoms with Crippen LogP contribution in [0.3, 0.4) is 0 Å². The minimum Gasteiger partial charge on any atom is -0.352 e. The molecule has 1 amide bonds. The number of hydrogen-bond acceptors (Lipinski definition) is 3. The molecule has 4 heteroatoms. The largest absolute Gasteiger partial charge is 0.352 e. The fraction of sp³-hybridized carbons (Fsp3) is 0.929. The van der Waals surface area contributed by atoms with Gasteiger partial charge in [0, 0.05) is 25.2 Å². The maximum Gasteiger partial charge on any atom is 0.238 e. The average molecular weight is 253 g/mol. The Kier molecular flexibility index (Phi) is 5.45. The molecule has 2 fully saturated rings. The molecule has 0 aromatic carbocycles. The van der Waals surface area contributed by atoms with E-state index in [0.29, 0.717) is 12.1 Å². The number of nitrogens with one attached hydrogen (secondary N) is 3. The van der Waals surface area contributed by atoms with Crippen LogP contribution in [0.15, 0.2) is 0 Å². The lowest BCUT2D eigenvalue weighted by Gasteiger charge is -2.30. The summed E-state index contributed by atoms with van der Waals surface area (Å²) in [7, 11) is 0. The Morgan fingerprint density at radius 3 is 2.28 bits per heavy atom. The van der Waals surface area contributed by atoms with E-state index in [-0.39, 0.29) is 11.9 Å². The van der Waals surface area contributed by atoms with E-state index in [0.717, 1.165) is 25.9 Å². The van der Waals surface area contributed by atoms with Gasteiger partial charge < -0.3 is 16.0 Å². The Balaban J connectivity index is 1.75. The van der Waals surface area contributed by atoms with Crippen LogP contribution in [0.1, 0.15) is 51.9 Å². The van der Waals surface area contributed by atoms with E-state index >= 15 is 0 Å². The van der Waals surface area contributed by atoms with Crippen LogP contribution in [0, 0.1) is 0 Å². The smallest absolute Gasteiger partial charge is 0.238 e. The Labute approximate surface area is 110 Å². The van der Waals surface area contributed by atoms with E-state index in [9.17, 15) is 4.79 Å². The first kappa shape index (κ1) is 13.8. The van der Waals surface area contributed by atoms with Crippen LogP contribution in [0.4, 0.5) is 0 Å². The highest BCUT2D eigenvalue weighted by Gasteiger charge is 2.25. The topological polar surface area (TPSA) is 53.2 Å². The van der Waals surface area contributed by atoms with Gasteiger partial charge in [-0.25, -0.2) is 0 Å². The minimum atomic E-state index is -0.0494. The van der Waals surface area contributed by atoms with Gasteiger partial charge in [-0.1, -0.05) is 32.1 Å². The van der Waals surface area contributed by atoms with Crippen LogP contribution >= 0.6 is 0 Å². The molecule has 0 bridgehead atoms. The van der Waals surface area contributed by atoms with Crippen LogP contribution in [0.25, 0.3) is 0 Å². The van der Waals surface area contributed by atoms with Crippen molar-refractivity contribution in [1.82, 2.24) is 16.0 Å². The summed E-state index contributed by atoms with van der Waals surface area (Å²) in [4.78, 5) is 12.2. The SMILES string of the molecule is CC1CNC(C(=O)NC2CCCCCCC2)CN1. The van der Waals surface area contributed by atoms with E-state index in [1.165, 1.54) is 32.1 Å². The summed E-state index contributed by atoms with van der Waals surface area (Å²) in [5.74, 6) is 0.181. The van der Waals surface area contributed by atoms with Crippen molar-refractivity contribution in [3.63, 3.8) is 0 Å². The second-order valence-corrected chi connectivity index (χ2v) is 5.82. The first-order valence-electron chi connectivity index (χ1n) is 7.53. The number of hydrogen-bond donors (Lipinski definition) is 3. The molecule has 18 heavy (non-hydrogen) atoms. The number of amides is 1. The fourth-order valence-corrected chi connectivity index (χ4v) is 2.87. The van der Waals surface area contributed by atoms with Gasteiger partial charge in [0.1, 0.15) is 0 Å². The first-order valence-corrected chi connectivity index (χ1v) is 7.53. The second kappa shape index (κ2) is 7.10. The van der Waals surface area contributed by atoms with Gasteiger partial charge in [-0.3, -0.25) is 4.79 Å². The predicted octanol–water partition coefficient (Wildman–Crippen LogP) is 1.17. The molecule has 2 unspecified atom stereocenters. The molecule has 0 radical (unpaired) electrons. The third-order valence-electron chi connectivity index (χ3n) is 4.11. The normalized spacial score (nSPS) is 31.4. The number of piperazine rings is 1. The lowest BCUT2D eigenvalue weighted by molar-refractivity contribution is -0.124. The van der Waals surface area contributed by atoms with Crippen molar-refractivity contribution >= 4 is 5.91 Å². The summed E-state index contributed by atoms with van der Waals surface area (Å²) >= 11 is 0. The summed E-state index contributed by atoms with van der Waals surface area (Å²) in [6.45, 7) is 3.76. The molecule has 2 rings (SSSR count). The van der Waals surface area contributed by atoms with Crippen LogP contribution in [0.5, 0.6) is 0 Å². The Bertz CT molecular complexity index is 254. The fourth-order valence-electron chi connectivity index (χ4n) is 2.87. The molecule has 0 spiro atoms. The quantitative estimate of drug-likeness (QED) is 0.692. The van der Waals surface area contributed by atoms with Gasteiger partial charge >= 0.3 is 0 Å². The monoisotopic (exact) mass is 253 g/mol. The van der Waals surface area contributed by atoms with Crippen molar-refractivity contribution in [3.05, 3.63) is 0 Å². The lowest BCUT2D eigenvalue weighted by Crippen LogP contribution is -2.59. The zero-order valence-corrected chi connectivity index (χ0v) is 11.5. The van der Waals surface area contributed by atoms with Crippen molar-refractivity contribution in [2.75, 3.05) is 13.1 Å². The molecular formula is C14H27N3O. The molecule has 1 saturated carbocycles. The predicted molar refractivity (Wildman–Crippen MR) is 73.5 cm³/mol. The maximum atomic E-state index is 12.2. The Morgan fingerprint density at radius 1 is 1.00 bits per heavy atom. The summed E-state index contributed by atoms with van der Waals surface area (Å²) in [6.07, 6.45) is 8.86. The highest BCUT2D eigenvalue weighted by Crippen LogP contribution is 2.17. The third-order valence-corrected chi connectivity index (χ3v) is 4.11. The zero-order valence-electron chi connectivity index (χ0n) is 11.5. The van der Waals surface area contributed by atoms with E-state index < -0.39 is 0 Å². The van der Waals surface area contributed by atoms with Crippen molar-refractivity contribution < 1.29 is 4.79 Å². The van der Waals surface area contributed by atoms with Gasteiger partial charge in [0.25, 0.3) is 0 Å². The molecule has 1 saturated heterocycles. The van der Waals surface area contributed by atoms with Gasteiger partial charge in [-0.2, -0.15) is 0 Å². The third kappa shape index (κ3) is 4.25. The minimum absolute atomic E-state index is 0.0494. The molecule has 1 heterocycles. The van der Waals surface area contributed by atoms with Crippen LogP contribution in [-0.4, -0.2) is 37.1 Å². The molecule has 2 aliphatic rings. The number of carbonyl (C=O) groups excluding carboxylic acids is 1. The van der Waals surface area contributed by atoms with E-state index in [2.05, 4.69) is 22.9 Å². The molecule has 104 valence electrons. The molecule has 2 atom stereocenters. The van der Waals surface area contributed by atoms with E-state index in [1.807, 2.05) is 0 Å². The zero-order chi connectivity index (χ0) is 12.8. The van der Waals surface area contributed by atoms with Crippen molar-refractivity contribution in [3.8, 4) is 0 Å². The van der Waals surface area contributed by atoms with Crippen molar-refractivity contribution in [1.29, 1.82) is 0 Å². The molecular weight excluding hydrogens is 226 g/mol. The molecule has 0 aromatic heterocycles. The molecule has 4 nitrogen and oxygen atoms in total. The number of rotatable bonds is 2. The second-order valence-electron chi connectivity index (χ2n) is 5.82. The van der Waals surface area contributed by atoms with Gasteiger partial charge in [0.2, 0.25) is 5.91 Å². The Morgan fingerprint density at radius 2 is 1.67 bits per heavy atom. The summed E-state index contributed by atoms with van der Waals surface area (Å²) in [5, 5.41) is 9.89.